The zero-order chi connectivity index (χ0) is 8.60. The van der Waals surface area contributed by atoms with Crippen molar-refractivity contribution >= 4 is 0 Å². The van der Waals surface area contributed by atoms with Crippen molar-refractivity contribution in [3.05, 3.63) is 17.5 Å². The zero-order valence-corrected chi connectivity index (χ0v) is 7.30. The molecule has 3 heteroatoms. The molecular formula is C9H14N2O. The monoisotopic (exact) mass is 166 g/mol. The van der Waals surface area contributed by atoms with E-state index in [1.807, 2.05) is 13.0 Å². The number of rotatable bonds is 2. The highest BCUT2D eigenvalue weighted by Crippen LogP contribution is 2.42. The summed E-state index contributed by atoms with van der Waals surface area (Å²) in [5.41, 5.74) is 2.10. The van der Waals surface area contributed by atoms with Crippen LogP contribution in [0.4, 0.5) is 0 Å². The molecule has 3 nitrogen and oxygen atoms in total. The van der Waals surface area contributed by atoms with Crippen molar-refractivity contribution in [2.24, 2.45) is 0 Å². The number of aliphatic hydroxyl groups excluding tert-OH is 1. The molecule has 1 heterocycles. The van der Waals surface area contributed by atoms with Gasteiger partial charge in [0.1, 0.15) is 0 Å². The molecule has 2 N–H and O–H groups in total. The molecule has 12 heavy (non-hydrogen) atoms. The molecule has 0 atom stereocenters. The fraction of sp³-hybridized carbons (Fsp3) is 0.667. The molecule has 0 saturated heterocycles. The van der Waals surface area contributed by atoms with Gasteiger partial charge < -0.3 is 5.11 Å². The van der Waals surface area contributed by atoms with Crippen molar-refractivity contribution in [2.45, 2.75) is 31.6 Å². The maximum Gasteiger partial charge on any atom is 0.0709 e. The standard InChI is InChI=1S/C9H14N2O/c1-7-5-8(11-10-7)9(6-12)3-2-4-9/h5,12H,2-4,6H2,1H3,(H,10,11). The molecule has 0 unspecified atom stereocenters. The first-order valence-corrected chi connectivity index (χ1v) is 4.40. The van der Waals surface area contributed by atoms with Crippen molar-refractivity contribution in [2.75, 3.05) is 6.61 Å². The Morgan fingerprint density at radius 3 is 2.75 bits per heavy atom. The Bertz CT molecular complexity index is 270. The predicted octanol–water partition coefficient (Wildman–Crippen LogP) is 1.13. The van der Waals surface area contributed by atoms with Gasteiger partial charge in [0.15, 0.2) is 0 Å². The lowest BCUT2D eigenvalue weighted by molar-refractivity contribution is 0.116. The lowest BCUT2D eigenvalue weighted by atomic mass is 9.67. The van der Waals surface area contributed by atoms with Gasteiger partial charge in [0.25, 0.3) is 0 Å². The summed E-state index contributed by atoms with van der Waals surface area (Å²) < 4.78 is 0. The van der Waals surface area contributed by atoms with E-state index in [2.05, 4.69) is 10.2 Å². The van der Waals surface area contributed by atoms with Crippen LogP contribution in [-0.2, 0) is 5.41 Å². The van der Waals surface area contributed by atoms with E-state index in [1.54, 1.807) is 0 Å². The normalized spacial score (nSPS) is 20.5. The Kier molecular flexibility index (Phi) is 1.68. The number of nitrogens with one attached hydrogen (secondary N) is 1. The third kappa shape index (κ3) is 0.966. The highest BCUT2D eigenvalue weighted by Gasteiger charge is 2.39. The molecule has 66 valence electrons. The van der Waals surface area contributed by atoms with Crippen LogP contribution < -0.4 is 0 Å². The van der Waals surface area contributed by atoms with E-state index >= 15 is 0 Å². The topological polar surface area (TPSA) is 48.9 Å². The van der Waals surface area contributed by atoms with Crippen LogP contribution in [0.5, 0.6) is 0 Å². The summed E-state index contributed by atoms with van der Waals surface area (Å²) in [6.07, 6.45) is 3.37. The van der Waals surface area contributed by atoms with E-state index in [0.29, 0.717) is 0 Å². The van der Waals surface area contributed by atoms with Gasteiger partial charge in [0.2, 0.25) is 0 Å². The number of H-pyrrole nitrogens is 1. The number of aryl methyl sites for hydroxylation is 1. The minimum absolute atomic E-state index is 0.00917. The molecule has 1 aromatic heterocycles. The summed E-state index contributed by atoms with van der Waals surface area (Å²) in [6, 6.07) is 2.04. The molecule has 0 amide bonds. The number of nitrogens with zero attached hydrogens (tertiary/aromatic N) is 1. The smallest absolute Gasteiger partial charge is 0.0709 e. The minimum Gasteiger partial charge on any atom is -0.395 e. The van der Waals surface area contributed by atoms with Gasteiger partial charge in [-0.2, -0.15) is 5.10 Å². The Morgan fingerprint density at radius 1 is 1.67 bits per heavy atom. The van der Waals surface area contributed by atoms with Gasteiger partial charge in [-0.1, -0.05) is 6.42 Å². The second-order valence-corrected chi connectivity index (χ2v) is 3.73. The van der Waals surface area contributed by atoms with Crippen molar-refractivity contribution in [1.29, 1.82) is 0 Å². The van der Waals surface area contributed by atoms with E-state index in [1.165, 1.54) is 6.42 Å². The van der Waals surface area contributed by atoms with Crippen LogP contribution in [0.25, 0.3) is 0 Å². The second kappa shape index (κ2) is 2.59. The SMILES string of the molecule is Cc1cc(C2(CO)CCC2)n[nH]1. The second-order valence-electron chi connectivity index (χ2n) is 3.73. The molecule has 1 saturated carbocycles. The van der Waals surface area contributed by atoms with E-state index < -0.39 is 0 Å². The van der Waals surface area contributed by atoms with E-state index in [4.69, 9.17) is 0 Å². The van der Waals surface area contributed by atoms with Gasteiger partial charge in [-0.3, -0.25) is 5.10 Å². The van der Waals surface area contributed by atoms with E-state index in [0.717, 1.165) is 24.2 Å². The molecule has 0 spiro atoms. The number of aromatic nitrogens is 2. The molecule has 0 aliphatic heterocycles. The van der Waals surface area contributed by atoms with Gasteiger partial charge in [-0.05, 0) is 25.8 Å². The number of hydrogen-bond donors (Lipinski definition) is 2. The summed E-state index contributed by atoms with van der Waals surface area (Å²) >= 11 is 0. The molecule has 0 bridgehead atoms. The van der Waals surface area contributed by atoms with Crippen LogP contribution in [0, 0.1) is 6.92 Å². The summed E-state index contributed by atoms with van der Waals surface area (Å²) in [5.74, 6) is 0. The third-order valence-corrected chi connectivity index (χ3v) is 2.86. The molecule has 0 radical (unpaired) electrons. The van der Waals surface area contributed by atoms with Crippen LogP contribution in [0.15, 0.2) is 6.07 Å². The van der Waals surface area contributed by atoms with Gasteiger partial charge in [-0.25, -0.2) is 0 Å². The van der Waals surface area contributed by atoms with Gasteiger partial charge >= 0.3 is 0 Å². The Balaban J connectivity index is 2.27. The fourth-order valence-corrected chi connectivity index (χ4v) is 1.79. The van der Waals surface area contributed by atoms with Crippen molar-refractivity contribution in [3.63, 3.8) is 0 Å². The van der Waals surface area contributed by atoms with Gasteiger partial charge in [0.05, 0.1) is 12.3 Å². The van der Waals surface area contributed by atoms with Crippen molar-refractivity contribution in [1.82, 2.24) is 10.2 Å². The predicted molar refractivity (Wildman–Crippen MR) is 45.9 cm³/mol. The summed E-state index contributed by atoms with van der Waals surface area (Å²) in [7, 11) is 0. The first-order valence-electron chi connectivity index (χ1n) is 4.40. The average molecular weight is 166 g/mol. The highest BCUT2D eigenvalue weighted by molar-refractivity contribution is 5.21. The first-order chi connectivity index (χ1) is 5.77. The molecule has 1 aliphatic rings. The Labute approximate surface area is 71.8 Å². The minimum atomic E-state index is -0.00917. The molecule has 1 aromatic rings. The molecule has 1 fully saturated rings. The maximum atomic E-state index is 9.25. The van der Waals surface area contributed by atoms with Crippen LogP contribution >= 0.6 is 0 Å². The summed E-state index contributed by atoms with van der Waals surface area (Å²) in [6.45, 7) is 2.22. The molecule has 2 rings (SSSR count). The van der Waals surface area contributed by atoms with Crippen LogP contribution in [0.3, 0.4) is 0 Å². The number of aliphatic hydroxyl groups is 1. The van der Waals surface area contributed by atoms with Crippen molar-refractivity contribution in [3.8, 4) is 0 Å². The molecule has 1 aliphatic carbocycles. The summed E-state index contributed by atoms with van der Waals surface area (Å²) in [4.78, 5) is 0. The quantitative estimate of drug-likeness (QED) is 0.692. The van der Waals surface area contributed by atoms with Gasteiger partial charge in [-0.15, -0.1) is 0 Å². The Hall–Kier alpha value is -0.830. The highest BCUT2D eigenvalue weighted by atomic mass is 16.3. The molecule has 0 aromatic carbocycles. The van der Waals surface area contributed by atoms with Gasteiger partial charge in [0, 0.05) is 11.1 Å². The summed E-state index contributed by atoms with van der Waals surface area (Å²) in [5, 5.41) is 16.4. The van der Waals surface area contributed by atoms with Crippen LogP contribution in [0.2, 0.25) is 0 Å². The maximum absolute atomic E-state index is 9.25. The zero-order valence-electron chi connectivity index (χ0n) is 7.30. The van der Waals surface area contributed by atoms with Crippen LogP contribution in [-0.4, -0.2) is 21.9 Å². The lowest BCUT2D eigenvalue weighted by Crippen LogP contribution is -2.38. The molecular weight excluding hydrogens is 152 g/mol. The number of hydrogen-bond acceptors (Lipinski definition) is 2. The van der Waals surface area contributed by atoms with Crippen LogP contribution in [0.1, 0.15) is 30.7 Å². The van der Waals surface area contributed by atoms with E-state index in [-0.39, 0.29) is 12.0 Å². The third-order valence-electron chi connectivity index (χ3n) is 2.86. The Morgan fingerprint density at radius 2 is 2.42 bits per heavy atom. The average Bonchev–Trinajstić information content (AvgIpc) is 2.35. The number of aromatic amines is 1. The fourth-order valence-electron chi connectivity index (χ4n) is 1.79. The largest absolute Gasteiger partial charge is 0.395 e. The first kappa shape index (κ1) is 7.80. The lowest BCUT2D eigenvalue weighted by Gasteiger charge is -2.38. The van der Waals surface area contributed by atoms with E-state index in [9.17, 15) is 5.11 Å². The van der Waals surface area contributed by atoms with Crippen molar-refractivity contribution < 1.29 is 5.11 Å².